The molecule has 0 fully saturated rings. The summed E-state index contributed by atoms with van der Waals surface area (Å²) in [6, 6.07) is 10.5. The third-order valence-electron chi connectivity index (χ3n) is 3.72. The lowest BCUT2D eigenvalue weighted by Gasteiger charge is -2.04. The Morgan fingerprint density at radius 3 is 2.61 bits per heavy atom. The largest absolute Gasteiger partial charge is 0.586 e. The summed E-state index contributed by atoms with van der Waals surface area (Å²) in [5, 5.41) is 18.5. The van der Waals surface area contributed by atoms with Gasteiger partial charge in [-0.3, -0.25) is 9.36 Å². The molecule has 2 aromatic heterocycles. The number of halogens is 2. The zero-order chi connectivity index (χ0) is 19.9. The van der Waals surface area contributed by atoms with Crippen molar-refractivity contribution >= 4 is 23.0 Å². The summed E-state index contributed by atoms with van der Waals surface area (Å²) < 4.78 is 41.8. The summed E-state index contributed by atoms with van der Waals surface area (Å²) in [6.07, 6.45) is -0.919. The number of nitrogens with zero attached hydrogens (tertiary/aromatic N) is 3. The van der Waals surface area contributed by atoms with Crippen molar-refractivity contribution in [1.29, 1.82) is 10.5 Å². The van der Waals surface area contributed by atoms with Crippen molar-refractivity contribution in [3.63, 3.8) is 0 Å². The van der Waals surface area contributed by atoms with Gasteiger partial charge in [0.1, 0.15) is 22.6 Å². The van der Waals surface area contributed by atoms with E-state index in [1.807, 2.05) is 0 Å². The van der Waals surface area contributed by atoms with E-state index in [9.17, 15) is 24.1 Å². The molecule has 1 aliphatic rings. The summed E-state index contributed by atoms with van der Waals surface area (Å²) in [7, 11) is 0. The van der Waals surface area contributed by atoms with Crippen molar-refractivity contribution in [3.05, 3.63) is 61.9 Å². The number of hydrogen-bond acceptors (Lipinski definition) is 7. The molecule has 4 rings (SSSR count). The molecule has 0 N–H and O–H groups in total. The first-order valence-corrected chi connectivity index (χ1v) is 8.45. The maximum Gasteiger partial charge on any atom is 0.586 e. The van der Waals surface area contributed by atoms with Gasteiger partial charge in [-0.1, -0.05) is 0 Å². The summed E-state index contributed by atoms with van der Waals surface area (Å²) in [5.74, 6) is -0.0536. The maximum atomic E-state index is 13.3. The number of benzene rings is 1. The number of nitriles is 2. The normalized spacial score (nSPS) is 14.5. The van der Waals surface area contributed by atoms with Crippen molar-refractivity contribution in [3.8, 4) is 29.3 Å². The highest BCUT2D eigenvalue weighted by atomic mass is 32.1. The molecule has 7 nitrogen and oxygen atoms in total. The van der Waals surface area contributed by atoms with Gasteiger partial charge >= 0.3 is 6.29 Å². The second-order valence-electron chi connectivity index (χ2n) is 5.47. The average molecular weight is 399 g/mol. The zero-order valence-corrected chi connectivity index (χ0v) is 14.5. The predicted molar refractivity (Wildman–Crippen MR) is 92.3 cm³/mol. The minimum Gasteiger partial charge on any atom is -0.465 e. The summed E-state index contributed by atoms with van der Waals surface area (Å²) in [5.41, 5.74) is -0.715. The number of furan rings is 1. The molecule has 28 heavy (non-hydrogen) atoms. The van der Waals surface area contributed by atoms with E-state index in [-0.39, 0.29) is 32.0 Å². The highest BCUT2D eigenvalue weighted by Gasteiger charge is 2.43. The van der Waals surface area contributed by atoms with Crippen LogP contribution in [0.4, 0.5) is 8.78 Å². The molecule has 1 aromatic carbocycles. The molecule has 0 spiro atoms. The molecule has 1 aliphatic heterocycles. The Hall–Kier alpha value is -3.89. The van der Waals surface area contributed by atoms with E-state index in [1.54, 1.807) is 24.3 Å². The maximum absolute atomic E-state index is 13.3. The lowest BCUT2D eigenvalue weighted by atomic mass is 10.2. The number of fused-ring (bicyclic) bond motifs is 1. The molecule has 0 atom stereocenters. The molecule has 3 heterocycles. The van der Waals surface area contributed by atoms with Gasteiger partial charge < -0.3 is 13.9 Å². The van der Waals surface area contributed by atoms with Gasteiger partial charge in [0.05, 0.1) is 16.5 Å². The van der Waals surface area contributed by atoms with E-state index in [1.165, 1.54) is 30.5 Å². The molecule has 0 saturated carbocycles. The van der Waals surface area contributed by atoms with Gasteiger partial charge in [-0.2, -0.15) is 10.5 Å². The lowest BCUT2D eigenvalue weighted by Crippen LogP contribution is -2.30. The molecule has 10 heteroatoms. The molecule has 0 radical (unpaired) electrons. The first-order chi connectivity index (χ1) is 13.4. The summed E-state index contributed by atoms with van der Waals surface area (Å²) >= 11 is 0.902. The third kappa shape index (κ3) is 2.92. The van der Waals surface area contributed by atoms with E-state index in [0.717, 1.165) is 15.9 Å². The van der Waals surface area contributed by atoms with E-state index in [0.29, 0.717) is 5.76 Å². The van der Waals surface area contributed by atoms with Crippen LogP contribution in [0.2, 0.25) is 0 Å². The van der Waals surface area contributed by atoms with Gasteiger partial charge in [0.25, 0.3) is 5.56 Å². The molecule has 3 aromatic rings. The monoisotopic (exact) mass is 399 g/mol. The lowest BCUT2D eigenvalue weighted by molar-refractivity contribution is -0.286. The molecule has 0 aliphatic carbocycles. The minimum atomic E-state index is -3.81. The van der Waals surface area contributed by atoms with Crippen LogP contribution in [-0.2, 0) is 0 Å². The van der Waals surface area contributed by atoms with Crippen LogP contribution in [0.15, 0.2) is 45.8 Å². The Bertz CT molecular complexity index is 1330. The van der Waals surface area contributed by atoms with Gasteiger partial charge in [-0.25, -0.2) is 0 Å². The van der Waals surface area contributed by atoms with Gasteiger partial charge in [-0.15, -0.1) is 20.1 Å². The summed E-state index contributed by atoms with van der Waals surface area (Å²) in [6.45, 7) is 0. The Morgan fingerprint density at radius 2 is 1.93 bits per heavy atom. The fraction of sp³-hybridized carbons (Fsp3) is 0.0556. The van der Waals surface area contributed by atoms with Crippen molar-refractivity contribution in [2.75, 3.05) is 0 Å². The first-order valence-electron chi connectivity index (χ1n) is 7.64. The van der Waals surface area contributed by atoms with Gasteiger partial charge in [0.15, 0.2) is 17.1 Å². The first kappa shape index (κ1) is 17.5. The van der Waals surface area contributed by atoms with Crippen LogP contribution in [-0.4, -0.2) is 10.9 Å². The molecular weight excluding hydrogens is 392 g/mol. The summed E-state index contributed by atoms with van der Waals surface area (Å²) in [4.78, 5) is 12.9. The molecule has 138 valence electrons. The Balaban J connectivity index is 2.00. The van der Waals surface area contributed by atoms with Crippen molar-refractivity contribution in [2.24, 2.45) is 0 Å². The Kier molecular flexibility index (Phi) is 3.99. The number of aromatic nitrogens is 1. The van der Waals surface area contributed by atoms with E-state index in [2.05, 4.69) is 9.47 Å². The number of thiazole rings is 1. The minimum absolute atomic E-state index is 0.0541. The molecule has 0 unspecified atom stereocenters. The molecule has 0 saturated heterocycles. The van der Waals surface area contributed by atoms with Crippen LogP contribution in [0.3, 0.4) is 0 Å². The predicted octanol–water partition coefficient (Wildman–Crippen LogP) is 1.84. The zero-order valence-electron chi connectivity index (χ0n) is 13.7. The van der Waals surface area contributed by atoms with Crippen molar-refractivity contribution < 1.29 is 22.7 Å². The molecule has 0 amide bonds. The third-order valence-corrected chi connectivity index (χ3v) is 4.81. The highest BCUT2D eigenvalue weighted by molar-refractivity contribution is 7.07. The van der Waals surface area contributed by atoms with Gasteiger partial charge in [0.2, 0.25) is 0 Å². The van der Waals surface area contributed by atoms with E-state index < -0.39 is 11.9 Å². The Labute approximate surface area is 158 Å². The van der Waals surface area contributed by atoms with Crippen LogP contribution in [0.5, 0.6) is 11.5 Å². The smallest absolute Gasteiger partial charge is 0.465 e. The quantitative estimate of drug-likeness (QED) is 0.652. The topological polar surface area (TPSA) is 101 Å². The van der Waals surface area contributed by atoms with Crippen LogP contribution in [0, 0.1) is 22.7 Å². The van der Waals surface area contributed by atoms with Crippen molar-refractivity contribution in [1.82, 2.24) is 4.57 Å². The average Bonchev–Trinajstić information content (AvgIpc) is 3.34. The number of rotatable bonds is 2. The van der Waals surface area contributed by atoms with Crippen LogP contribution >= 0.6 is 11.3 Å². The van der Waals surface area contributed by atoms with Crippen LogP contribution < -0.4 is 24.2 Å². The fourth-order valence-electron chi connectivity index (χ4n) is 2.58. The van der Waals surface area contributed by atoms with Crippen LogP contribution in [0.25, 0.3) is 17.3 Å². The molecular formula is C18H7F2N3O4S. The molecule has 0 bridgehead atoms. The standard InChI is InChI=1S/C18H7F2N3O4S/c19-18(20)26-13-4-3-11(6-14(13)27-18)23-16(24)15(7-12-2-1-5-25-12)28-17(23)10(8-21)9-22/h1-7H/b15-7-. The van der Waals surface area contributed by atoms with Gasteiger partial charge in [0, 0.05) is 12.1 Å². The SMILES string of the molecule is N#CC(C#N)=c1s/c(=C\c2ccco2)c(=O)n1-c1ccc2c(c1)OC(F)(F)O2. The van der Waals surface area contributed by atoms with Gasteiger partial charge in [-0.05, 0) is 24.3 Å². The number of ether oxygens (including phenoxy) is 2. The van der Waals surface area contributed by atoms with Crippen LogP contribution in [0.1, 0.15) is 5.76 Å². The second-order valence-corrected chi connectivity index (χ2v) is 6.50. The van der Waals surface area contributed by atoms with E-state index >= 15 is 0 Å². The number of hydrogen-bond donors (Lipinski definition) is 0. The highest BCUT2D eigenvalue weighted by Crippen LogP contribution is 2.41. The number of alkyl halides is 2. The second kappa shape index (κ2) is 6.37. The van der Waals surface area contributed by atoms with E-state index in [4.69, 9.17) is 4.42 Å². The fourth-order valence-corrected chi connectivity index (χ4v) is 3.62. The Morgan fingerprint density at radius 1 is 1.18 bits per heavy atom. The van der Waals surface area contributed by atoms with Crippen molar-refractivity contribution in [2.45, 2.75) is 6.29 Å².